The molecule has 70 valence electrons. The minimum Gasteiger partial charge on any atom is -0.389 e. The monoisotopic (exact) mass is 169 g/mol. The smallest absolute Gasteiger partial charge is 0.0722 e. The highest BCUT2D eigenvalue weighted by Gasteiger charge is 2.15. The van der Waals surface area contributed by atoms with E-state index in [4.69, 9.17) is 0 Å². The summed E-state index contributed by atoms with van der Waals surface area (Å²) in [7, 11) is 0. The van der Waals surface area contributed by atoms with Gasteiger partial charge in [-0.05, 0) is 32.8 Å². The van der Waals surface area contributed by atoms with E-state index in [0.717, 1.165) is 19.5 Å². The number of rotatable bonds is 2. The third-order valence-corrected chi connectivity index (χ3v) is 2.54. The van der Waals surface area contributed by atoms with Crippen molar-refractivity contribution in [3.05, 3.63) is 11.6 Å². The maximum absolute atomic E-state index is 9.32. The second-order valence-electron chi connectivity index (χ2n) is 3.79. The highest BCUT2D eigenvalue weighted by molar-refractivity contribution is 5.11. The van der Waals surface area contributed by atoms with E-state index in [1.54, 1.807) is 0 Å². The molecule has 1 aliphatic rings. The molecular weight excluding hydrogens is 150 g/mol. The largest absolute Gasteiger partial charge is 0.389 e. The average molecular weight is 169 g/mol. The van der Waals surface area contributed by atoms with Crippen LogP contribution in [-0.2, 0) is 0 Å². The second kappa shape index (κ2) is 4.06. The Kier molecular flexibility index (Phi) is 3.29. The van der Waals surface area contributed by atoms with E-state index in [9.17, 15) is 5.11 Å². The van der Waals surface area contributed by atoms with E-state index in [0.29, 0.717) is 6.04 Å². The van der Waals surface area contributed by atoms with E-state index in [1.165, 1.54) is 5.57 Å². The Bertz CT molecular complexity index is 173. The molecule has 0 aromatic carbocycles. The Morgan fingerprint density at radius 2 is 2.08 bits per heavy atom. The topological polar surface area (TPSA) is 23.5 Å². The minimum absolute atomic E-state index is 0.251. The molecule has 1 N–H and O–H groups in total. The van der Waals surface area contributed by atoms with Crippen molar-refractivity contribution in [3.63, 3.8) is 0 Å². The molecule has 0 saturated carbocycles. The first-order chi connectivity index (χ1) is 5.61. The maximum Gasteiger partial charge on any atom is 0.0722 e. The molecule has 0 spiro atoms. The number of aliphatic hydroxyl groups excluding tert-OH is 1. The summed E-state index contributed by atoms with van der Waals surface area (Å²) < 4.78 is 0. The van der Waals surface area contributed by atoms with Gasteiger partial charge in [-0.1, -0.05) is 6.08 Å². The molecule has 2 heteroatoms. The molecule has 12 heavy (non-hydrogen) atoms. The van der Waals surface area contributed by atoms with Crippen LogP contribution < -0.4 is 0 Å². The SMILES string of the molecule is CC(O)C1=CCN(C(C)C)CC1. The summed E-state index contributed by atoms with van der Waals surface area (Å²) >= 11 is 0. The summed E-state index contributed by atoms with van der Waals surface area (Å²) in [5.41, 5.74) is 1.20. The van der Waals surface area contributed by atoms with E-state index in [1.807, 2.05) is 6.92 Å². The first-order valence-corrected chi connectivity index (χ1v) is 4.72. The lowest BCUT2D eigenvalue weighted by Crippen LogP contribution is -2.35. The number of aliphatic hydroxyl groups is 1. The van der Waals surface area contributed by atoms with E-state index < -0.39 is 0 Å². The molecule has 0 bridgehead atoms. The van der Waals surface area contributed by atoms with Crippen molar-refractivity contribution >= 4 is 0 Å². The van der Waals surface area contributed by atoms with Gasteiger partial charge in [0.1, 0.15) is 0 Å². The van der Waals surface area contributed by atoms with Gasteiger partial charge in [0.25, 0.3) is 0 Å². The molecule has 0 fully saturated rings. The summed E-state index contributed by atoms with van der Waals surface area (Å²) in [6.45, 7) is 8.35. The van der Waals surface area contributed by atoms with Gasteiger partial charge < -0.3 is 5.11 Å². The van der Waals surface area contributed by atoms with Crippen LogP contribution in [0.25, 0.3) is 0 Å². The maximum atomic E-state index is 9.32. The number of nitrogens with zero attached hydrogens (tertiary/aromatic N) is 1. The molecule has 1 heterocycles. The van der Waals surface area contributed by atoms with Crippen LogP contribution in [0.4, 0.5) is 0 Å². The first kappa shape index (κ1) is 9.75. The fourth-order valence-electron chi connectivity index (χ4n) is 1.55. The Morgan fingerprint density at radius 3 is 2.42 bits per heavy atom. The summed E-state index contributed by atoms with van der Waals surface area (Å²) in [6, 6.07) is 0.622. The lowest BCUT2D eigenvalue weighted by atomic mass is 10.0. The molecule has 0 saturated heterocycles. The zero-order valence-corrected chi connectivity index (χ0v) is 8.25. The molecule has 1 atom stereocenters. The zero-order valence-electron chi connectivity index (χ0n) is 8.25. The molecule has 2 nitrogen and oxygen atoms in total. The predicted octanol–water partition coefficient (Wildman–Crippen LogP) is 1.41. The fourth-order valence-corrected chi connectivity index (χ4v) is 1.55. The summed E-state index contributed by atoms with van der Waals surface area (Å²) in [6.07, 6.45) is 2.93. The molecule has 1 aliphatic heterocycles. The summed E-state index contributed by atoms with van der Waals surface area (Å²) in [4.78, 5) is 2.41. The van der Waals surface area contributed by atoms with Crippen molar-refractivity contribution in [2.45, 2.75) is 39.3 Å². The molecule has 0 radical (unpaired) electrons. The van der Waals surface area contributed by atoms with Gasteiger partial charge in [0.15, 0.2) is 0 Å². The van der Waals surface area contributed by atoms with Crippen LogP contribution >= 0.6 is 0 Å². The van der Waals surface area contributed by atoms with E-state index in [-0.39, 0.29) is 6.10 Å². The molecule has 1 unspecified atom stereocenters. The van der Waals surface area contributed by atoms with E-state index >= 15 is 0 Å². The second-order valence-corrected chi connectivity index (χ2v) is 3.79. The predicted molar refractivity (Wildman–Crippen MR) is 51.1 cm³/mol. The first-order valence-electron chi connectivity index (χ1n) is 4.72. The van der Waals surface area contributed by atoms with Gasteiger partial charge in [0.2, 0.25) is 0 Å². The molecule has 0 aromatic heterocycles. The Hall–Kier alpha value is -0.340. The third-order valence-electron chi connectivity index (χ3n) is 2.54. The normalized spacial score (nSPS) is 22.6. The molecule has 0 aliphatic carbocycles. The van der Waals surface area contributed by atoms with Gasteiger partial charge in [0.05, 0.1) is 6.10 Å². The van der Waals surface area contributed by atoms with Crippen molar-refractivity contribution in [2.24, 2.45) is 0 Å². The fraction of sp³-hybridized carbons (Fsp3) is 0.800. The number of hydrogen-bond acceptors (Lipinski definition) is 2. The lowest BCUT2D eigenvalue weighted by Gasteiger charge is -2.30. The van der Waals surface area contributed by atoms with Gasteiger partial charge in [-0.3, -0.25) is 4.90 Å². The van der Waals surface area contributed by atoms with Crippen LogP contribution in [0, 0.1) is 0 Å². The highest BCUT2D eigenvalue weighted by atomic mass is 16.3. The van der Waals surface area contributed by atoms with Crippen molar-refractivity contribution in [1.82, 2.24) is 4.90 Å². The Morgan fingerprint density at radius 1 is 1.42 bits per heavy atom. The molecular formula is C10H19NO. The van der Waals surface area contributed by atoms with Crippen LogP contribution in [-0.4, -0.2) is 35.2 Å². The highest BCUT2D eigenvalue weighted by Crippen LogP contribution is 2.15. The van der Waals surface area contributed by atoms with Gasteiger partial charge in [0, 0.05) is 19.1 Å². The third kappa shape index (κ3) is 2.32. The minimum atomic E-state index is -0.251. The molecule has 0 aromatic rings. The van der Waals surface area contributed by atoms with Gasteiger partial charge in [-0.2, -0.15) is 0 Å². The van der Waals surface area contributed by atoms with Crippen molar-refractivity contribution in [1.29, 1.82) is 0 Å². The zero-order chi connectivity index (χ0) is 9.14. The lowest BCUT2D eigenvalue weighted by molar-refractivity contribution is 0.196. The van der Waals surface area contributed by atoms with Crippen LogP contribution in [0.2, 0.25) is 0 Å². The van der Waals surface area contributed by atoms with Crippen LogP contribution in [0.1, 0.15) is 27.2 Å². The van der Waals surface area contributed by atoms with Crippen LogP contribution in [0.5, 0.6) is 0 Å². The summed E-state index contributed by atoms with van der Waals surface area (Å²) in [5, 5.41) is 9.32. The van der Waals surface area contributed by atoms with E-state index in [2.05, 4.69) is 24.8 Å². The van der Waals surface area contributed by atoms with Crippen LogP contribution in [0.3, 0.4) is 0 Å². The van der Waals surface area contributed by atoms with Gasteiger partial charge >= 0.3 is 0 Å². The molecule has 0 amide bonds. The number of hydrogen-bond donors (Lipinski definition) is 1. The summed E-state index contributed by atoms with van der Waals surface area (Å²) in [5.74, 6) is 0. The quantitative estimate of drug-likeness (QED) is 0.632. The van der Waals surface area contributed by atoms with Crippen molar-refractivity contribution in [3.8, 4) is 0 Å². The van der Waals surface area contributed by atoms with Crippen molar-refractivity contribution in [2.75, 3.05) is 13.1 Å². The van der Waals surface area contributed by atoms with Crippen LogP contribution in [0.15, 0.2) is 11.6 Å². The van der Waals surface area contributed by atoms with Gasteiger partial charge in [-0.25, -0.2) is 0 Å². The van der Waals surface area contributed by atoms with Gasteiger partial charge in [-0.15, -0.1) is 0 Å². The molecule has 1 rings (SSSR count). The standard InChI is InChI=1S/C10H19NO/c1-8(2)11-6-4-10(5-7-11)9(3)12/h4,8-9,12H,5-7H2,1-3H3. The Balaban J connectivity index is 2.47. The average Bonchev–Trinajstić information content (AvgIpc) is 2.04. The van der Waals surface area contributed by atoms with Crippen molar-refractivity contribution < 1.29 is 5.11 Å². The Labute approximate surface area is 74.9 Å².